The Morgan fingerprint density at radius 2 is 1.89 bits per heavy atom. The van der Waals surface area contributed by atoms with Crippen molar-refractivity contribution in [2.75, 3.05) is 7.11 Å². The summed E-state index contributed by atoms with van der Waals surface area (Å²) < 4.78 is 6.14. The average molecular weight is 306 g/mol. The summed E-state index contributed by atoms with van der Waals surface area (Å²) in [5.74, 6) is 0.815. The van der Waals surface area contributed by atoms with Crippen LogP contribution in [-0.4, -0.2) is 7.11 Å². The van der Waals surface area contributed by atoms with Gasteiger partial charge in [-0.05, 0) is 51.7 Å². The smallest absolute Gasteiger partial charge is 0.133 e. The molecule has 0 aliphatic heterocycles. The lowest BCUT2D eigenvalue weighted by Crippen LogP contribution is -2.13. The van der Waals surface area contributed by atoms with E-state index in [1.165, 1.54) is 5.56 Å². The minimum Gasteiger partial charge on any atom is -0.496 e. The highest BCUT2D eigenvalue weighted by molar-refractivity contribution is 9.10. The fourth-order valence-electron chi connectivity index (χ4n) is 1.99. The zero-order valence-electron chi connectivity index (χ0n) is 10.5. The van der Waals surface area contributed by atoms with Crippen LogP contribution in [0.3, 0.4) is 0 Å². The average Bonchev–Trinajstić information content (AvgIpc) is 2.38. The zero-order valence-corrected chi connectivity index (χ0v) is 12.1. The Balaban J connectivity index is 2.37. The number of ether oxygens (including phenoxy) is 1. The van der Waals surface area contributed by atoms with Gasteiger partial charge in [0.05, 0.1) is 17.6 Å². The molecular formula is C15H16BrNO. The van der Waals surface area contributed by atoms with Crippen molar-refractivity contribution in [2.24, 2.45) is 5.73 Å². The minimum absolute atomic E-state index is 0.117. The molecule has 2 N–H and O–H groups in total. The molecule has 2 aromatic rings. The largest absolute Gasteiger partial charge is 0.496 e. The zero-order chi connectivity index (χ0) is 13.1. The number of halogens is 1. The molecule has 0 amide bonds. The van der Waals surface area contributed by atoms with Crippen molar-refractivity contribution < 1.29 is 4.74 Å². The number of aryl methyl sites for hydroxylation is 1. The topological polar surface area (TPSA) is 35.2 Å². The van der Waals surface area contributed by atoms with Crippen molar-refractivity contribution in [1.82, 2.24) is 0 Å². The van der Waals surface area contributed by atoms with E-state index in [4.69, 9.17) is 10.5 Å². The highest BCUT2D eigenvalue weighted by Gasteiger charge is 2.12. The van der Waals surface area contributed by atoms with E-state index in [-0.39, 0.29) is 6.04 Å². The number of rotatable bonds is 3. The second-order valence-electron chi connectivity index (χ2n) is 4.23. The summed E-state index contributed by atoms with van der Waals surface area (Å²) in [7, 11) is 1.65. The van der Waals surface area contributed by atoms with Crippen LogP contribution in [0.2, 0.25) is 0 Å². The van der Waals surface area contributed by atoms with E-state index < -0.39 is 0 Å². The molecular weight excluding hydrogens is 290 g/mol. The second kappa shape index (κ2) is 5.55. The van der Waals surface area contributed by atoms with Gasteiger partial charge in [-0.25, -0.2) is 0 Å². The summed E-state index contributed by atoms with van der Waals surface area (Å²) in [5, 5.41) is 0. The SMILES string of the molecule is COc1ccc(C(N)c2ccccc2C)cc1Br. The van der Waals surface area contributed by atoms with Crippen molar-refractivity contribution >= 4 is 15.9 Å². The molecule has 1 atom stereocenters. The molecule has 1 unspecified atom stereocenters. The summed E-state index contributed by atoms with van der Waals surface area (Å²) in [6, 6.07) is 14.0. The van der Waals surface area contributed by atoms with Crippen LogP contribution in [0.15, 0.2) is 46.9 Å². The third-order valence-corrected chi connectivity index (χ3v) is 3.68. The van der Waals surface area contributed by atoms with Crippen LogP contribution in [-0.2, 0) is 0 Å². The van der Waals surface area contributed by atoms with E-state index in [1.807, 2.05) is 30.3 Å². The van der Waals surface area contributed by atoms with Gasteiger partial charge >= 0.3 is 0 Å². The summed E-state index contributed by atoms with van der Waals surface area (Å²) in [4.78, 5) is 0. The van der Waals surface area contributed by atoms with E-state index in [0.29, 0.717) is 0 Å². The summed E-state index contributed by atoms with van der Waals surface area (Å²) >= 11 is 3.49. The molecule has 0 saturated carbocycles. The van der Waals surface area contributed by atoms with Crippen molar-refractivity contribution in [3.8, 4) is 5.75 Å². The third-order valence-electron chi connectivity index (χ3n) is 3.06. The number of benzene rings is 2. The Morgan fingerprint density at radius 3 is 2.50 bits per heavy atom. The molecule has 3 heteroatoms. The standard InChI is InChI=1S/C15H16BrNO/c1-10-5-3-4-6-12(10)15(17)11-7-8-14(18-2)13(16)9-11/h3-9,15H,17H2,1-2H3. The number of hydrogen-bond donors (Lipinski definition) is 1. The van der Waals surface area contributed by atoms with E-state index in [0.717, 1.165) is 21.3 Å². The predicted octanol–water partition coefficient (Wildman–Crippen LogP) is 3.81. The molecule has 94 valence electrons. The van der Waals surface area contributed by atoms with Crippen LogP contribution < -0.4 is 10.5 Å². The van der Waals surface area contributed by atoms with Crippen molar-refractivity contribution in [1.29, 1.82) is 0 Å². The van der Waals surface area contributed by atoms with Gasteiger partial charge in [-0.15, -0.1) is 0 Å². The Kier molecular flexibility index (Phi) is 4.04. The molecule has 0 heterocycles. The van der Waals surface area contributed by atoms with Gasteiger partial charge < -0.3 is 10.5 Å². The summed E-state index contributed by atoms with van der Waals surface area (Å²) in [6.07, 6.45) is 0. The lowest BCUT2D eigenvalue weighted by atomic mass is 9.96. The molecule has 2 nitrogen and oxygen atoms in total. The number of methoxy groups -OCH3 is 1. The van der Waals surface area contributed by atoms with Gasteiger partial charge in [0.25, 0.3) is 0 Å². The first-order chi connectivity index (χ1) is 8.63. The van der Waals surface area contributed by atoms with Gasteiger partial charge in [0.2, 0.25) is 0 Å². The lowest BCUT2D eigenvalue weighted by Gasteiger charge is -2.16. The highest BCUT2D eigenvalue weighted by Crippen LogP contribution is 2.30. The quantitative estimate of drug-likeness (QED) is 0.936. The molecule has 0 aliphatic rings. The molecule has 0 radical (unpaired) electrons. The molecule has 0 bridgehead atoms. The van der Waals surface area contributed by atoms with Gasteiger partial charge in [0.15, 0.2) is 0 Å². The van der Waals surface area contributed by atoms with Crippen LogP contribution in [0.1, 0.15) is 22.7 Å². The molecule has 2 aromatic carbocycles. The number of nitrogens with two attached hydrogens (primary N) is 1. The highest BCUT2D eigenvalue weighted by atomic mass is 79.9. The van der Waals surface area contributed by atoms with Gasteiger partial charge in [0, 0.05) is 0 Å². The second-order valence-corrected chi connectivity index (χ2v) is 5.08. The van der Waals surface area contributed by atoms with Crippen LogP contribution in [0.4, 0.5) is 0 Å². The minimum atomic E-state index is -0.117. The van der Waals surface area contributed by atoms with Crippen molar-refractivity contribution in [2.45, 2.75) is 13.0 Å². The monoisotopic (exact) mass is 305 g/mol. The van der Waals surface area contributed by atoms with Crippen molar-refractivity contribution in [3.63, 3.8) is 0 Å². The van der Waals surface area contributed by atoms with E-state index in [1.54, 1.807) is 7.11 Å². The van der Waals surface area contributed by atoms with E-state index in [9.17, 15) is 0 Å². The Hall–Kier alpha value is -1.32. The normalized spacial score (nSPS) is 12.2. The van der Waals surface area contributed by atoms with Gasteiger partial charge in [-0.2, -0.15) is 0 Å². The Morgan fingerprint density at radius 1 is 1.17 bits per heavy atom. The van der Waals surface area contributed by atoms with Gasteiger partial charge in [0.1, 0.15) is 5.75 Å². The summed E-state index contributed by atoms with van der Waals surface area (Å²) in [6.45, 7) is 2.08. The van der Waals surface area contributed by atoms with Crippen LogP contribution in [0.25, 0.3) is 0 Å². The molecule has 0 saturated heterocycles. The van der Waals surface area contributed by atoms with Crippen LogP contribution in [0.5, 0.6) is 5.75 Å². The predicted molar refractivity (Wildman–Crippen MR) is 77.9 cm³/mol. The molecule has 0 aliphatic carbocycles. The first kappa shape index (κ1) is 13.1. The fraction of sp³-hybridized carbons (Fsp3) is 0.200. The Bertz CT molecular complexity index is 554. The maximum absolute atomic E-state index is 6.32. The maximum atomic E-state index is 6.32. The lowest BCUT2D eigenvalue weighted by molar-refractivity contribution is 0.412. The molecule has 18 heavy (non-hydrogen) atoms. The number of hydrogen-bond acceptors (Lipinski definition) is 2. The molecule has 0 aromatic heterocycles. The van der Waals surface area contributed by atoms with Gasteiger partial charge in [-0.3, -0.25) is 0 Å². The maximum Gasteiger partial charge on any atom is 0.133 e. The first-order valence-electron chi connectivity index (χ1n) is 5.78. The third kappa shape index (κ3) is 2.57. The molecule has 2 rings (SSSR count). The fourth-order valence-corrected chi connectivity index (χ4v) is 2.55. The first-order valence-corrected chi connectivity index (χ1v) is 6.57. The van der Waals surface area contributed by atoms with Crippen molar-refractivity contribution in [3.05, 3.63) is 63.6 Å². The van der Waals surface area contributed by atoms with E-state index in [2.05, 4.69) is 35.0 Å². The molecule has 0 spiro atoms. The van der Waals surface area contributed by atoms with Crippen LogP contribution >= 0.6 is 15.9 Å². The summed E-state index contributed by atoms with van der Waals surface area (Å²) in [5.41, 5.74) is 9.74. The Labute approximate surface area is 116 Å². The van der Waals surface area contributed by atoms with E-state index >= 15 is 0 Å². The van der Waals surface area contributed by atoms with Crippen LogP contribution in [0, 0.1) is 6.92 Å². The molecule has 0 fully saturated rings. The van der Waals surface area contributed by atoms with Gasteiger partial charge in [-0.1, -0.05) is 30.3 Å².